The van der Waals surface area contributed by atoms with Crippen molar-refractivity contribution in [3.8, 4) is 0 Å². The Hall–Kier alpha value is -0.860. The third-order valence-corrected chi connectivity index (χ3v) is 2.57. The molecule has 1 aromatic rings. The van der Waals surface area contributed by atoms with Gasteiger partial charge < -0.3 is 5.11 Å². The number of likely N-dealkylation sites (N-methyl/N-ethyl adjacent to an activating group) is 1. The van der Waals surface area contributed by atoms with Crippen LogP contribution in [0.4, 0.5) is 0 Å². The molecule has 0 radical (unpaired) electrons. The molecule has 0 saturated carbocycles. The summed E-state index contributed by atoms with van der Waals surface area (Å²) in [6.07, 6.45) is 0. The van der Waals surface area contributed by atoms with E-state index in [1.54, 1.807) is 0 Å². The van der Waals surface area contributed by atoms with Gasteiger partial charge in [0, 0.05) is 12.6 Å². The van der Waals surface area contributed by atoms with E-state index >= 15 is 0 Å². The second kappa shape index (κ2) is 5.13. The molecule has 0 aliphatic rings. The maximum Gasteiger partial charge on any atom is 0.0584 e. The predicted octanol–water partition coefficient (Wildman–Crippen LogP) is 1.81. The smallest absolute Gasteiger partial charge is 0.0584 e. The Morgan fingerprint density at radius 1 is 1.29 bits per heavy atom. The predicted molar refractivity (Wildman–Crippen MR) is 59.2 cm³/mol. The van der Waals surface area contributed by atoms with Crippen molar-refractivity contribution in [3.63, 3.8) is 0 Å². The van der Waals surface area contributed by atoms with Crippen LogP contribution in [0, 0.1) is 6.92 Å². The van der Waals surface area contributed by atoms with Crippen molar-refractivity contribution in [1.29, 1.82) is 0 Å². The normalized spacial score (nSPS) is 13.2. The summed E-state index contributed by atoms with van der Waals surface area (Å²) in [5.74, 6) is 0. The lowest BCUT2D eigenvalue weighted by atomic mass is 10.1. The minimum absolute atomic E-state index is 0.211. The third kappa shape index (κ3) is 3.13. The molecule has 0 fully saturated rings. The first-order valence-electron chi connectivity index (χ1n) is 5.00. The van der Waals surface area contributed by atoms with Crippen LogP contribution in [0.1, 0.15) is 18.1 Å². The highest BCUT2D eigenvalue weighted by Crippen LogP contribution is 2.07. The fraction of sp³-hybridized carbons (Fsp3) is 0.500. The monoisotopic (exact) mass is 193 g/mol. The SMILES string of the molecule is Cc1ccc(CN(C)C(C)CO)cc1. The van der Waals surface area contributed by atoms with Gasteiger partial charge in [-0.05, 0) is 26.5 Å². The minimum atomic E-state index is 0.211. The third-order valence-electron chi connectivity index (χ3n) is 2.57. The summed E-state index contributed by atoms with van der Waals surface area (Å²) in [6.45, 7) is 5.21. The number of aryl methyl sites for hydroxylation is 1. The highest BCUT2D eigenvalue weighted by Gasteiger charge is 2.07. The average Bonchev–Trinajstić information content (AvgIpc) is 2.20. The Balaban J connectivity index is 2.56. The van der Waals surface area contributed by atoms with Crippen molar-refractivity contribution >= 4 is 0 Å². The molecule has 0 aromatic heterocycles. The number of hydrogen-bond donors (Lipinski definition) is 1. The number of hydrogen-bond acceptors (Lipinski definition) is 2. The van der Waals surface area contributed by atoms with Crippen LogP contribution in [0.25, 0.3) is 0 Å². The van der Waals surface area contributed by atoms with Gasteiger partial charge in [0.15, 0.2) is 0 Å². The lowest BCUT2D eigenvalue weighted by Crippen LogP contribution is -2.31. The van der Waals surface area contributed by atoms with Gasteiger partial charge in [0.1, 0.15) is 0 Å². The van der Waals surface area contributed by atoms with E-state index in [4.69, 9.17) is 5.11 Å². The van der Waals surface area contributed by atoms with E-state index in [2.05, 4.69) is 36.1 Å². The first kappa shape index (κ1) is 11.2. The molecule has 1 atom stereocenters. The van der Waals surface area contributed by atoms with E-state index in [-0.39, 0.29) is 12.6 Å². The molecule has 2 nitrogen and oxygen atoms in total. The van der Waals surface area contributed by atoms with Crippen molar-refractivity contribution in [1.82, 2.24) is 4.90 Å². The van der Waals surface area contributed by atoms with E-state index in [1.807, 2.05) is 14.0 Å². The van der Waals surface area contributed by atoms with Crippen LogP contribution in [0.15, 0.2) is 24.3 Å². The second-order valence-corrected chi connectivity index (χ2v) is 3.93. The maximum absolute atomic E-state index is 8.99. The topological polar surface area (TPSA) is 23.5 Å². The zero-order valence-corrected chi connectivity index (χ0v) is 9.20. The Morgan fingerprint density at radius 2 is 1.86 bits per heavy atom. The van der Waals surface area contributed by atoms with Gasteiger partial charge in [-0.1, -0.05) is 29.8 Å². The van der Waals surface area contributed by atoms with Gasteiger partial charge in [0.25, 0.3) is 0 Å². The maximum atomic E-state index is 8.99. The lowest BCUT2D eigenvalue weighted by Gasteiger charge is -2.22. The number of aliphatic hydroxyl groups is 1. The molecule has 14 heavy (non-hydrogen) atoms. The molecule has 0 aliphatic carbocycles. The summed E-state index contributed by atoms with van der Waals surface area (Å²) >= 11 is 0. The molecule has 0 heterocycles. The molecule has 0 bridgehead atoms. The van der Waals surface area contributed by atoms with Crippen LogP contribution >= 0.6 is 0 Å². The molecule has 78 valence electrons. The highest BCUT2D eigenvalue weighted by atomic mass is 16.3. The first-order valence-corrected chi connectivity index (χ1v) is 5.00. The molecule has 1 aromatic carbocycles. The van der Waals surface area contributed by atoms with Crippen molar-refractivity contribution < 1.29 is 5.11 Å². The molecule has 1 rings (SSSR count). The summed E-state index contributed by atoms with van der Waals surface area (Å²) in [7, 11) is 2.03. The van der Waals surface area contributed by atoms with Crippen molar-refractivity contribution in [3.05, 3.63) is 35.4 Å². The molecule has 0 amide bonds. The molecular weight excluding hydrogens is 174 g/mol. The summed E-state index contributed by atoms with van der Waals surface area (Å²) < 4.78 is 0. The van der Waals surface area contributed by atoms with Crippen molar-refractivity contribution in [2.24, 2.45) is 0 Å². The Bertz CT molecular complexity index is 268. The van der Waals surface area contributed by atoms with E-state index in [0.717, 1.165) is 6.54 Å². The van der Waals surface area contributed by atoms with Crippen LogP contribution in [-0.2, 0) is 6.54 Å². The molecule has 0 spiro atoms. The van der Waals surface area contributed by atoms with E-state index in [0.29, 0.717) is 0 Å². The second-order valence-electron chi connectivity index (χ2n) is 3.93. The van der Waals surface area contributed by atoms with Gasteiger partial charge in [0.05, 0.1) is 6.61 Å². The number of aliphatic hydroxyl groups excluding tert-OH is 1. The zero-order valence-electron chi connectivity index (χ0n) is 9.20. The van der Waals surface area contributed by atoms with Crippen LogP contribution in [-0.4, -0.2) is 29.7 Å². The van der Waals surface area contributed by atoms with Crippen molar-refractivity contribution in [2.75, 3.05) is 13.7 Å². The standard InChI is InChI=1S/C12H19NO/c1-10-4-6-12(7-5-10)8-13(3)11(2)9-14/h4-7,11,14H,8-9H2,1-3H3. The Kier molecular flexibility index (Phi) is 4.11. The van der Waals surface area contributed by atoms with Crippen LogP contribution in [0.3, 0.4) is 0 Å². The summed E-state index contributed by atoms with van der Waals surface area (Å²) in [4.78, 5) is 2.14. The summed E-state index contributed by atoms with van der Waals surface area (Å²) in [5.41, 5.74) is 2.57. The lowest BCUT2D eigenvalue weighted by molar-refractivity contribution is 0.154. The summed E-state index contributed by atoms with van der Waals surface area (Å²) in [5, 5.41) is 8.99. The fourth-order valence-electron chi connectivity index (χ4n) is 1.28. The van der Waals surface area contributed by atoms with Gasteiger partial charge in [-0.15, -0.1) is 0 Å². The Labute approximate surface area is 86.2 Å². The number of nitrogens with zero attached hydrogens (tertiary/aromatic N) is 1. The fourth-order valence-corrected chi connectivity index (χ4v) is 1.28. The highest BCUT2D eigenvalue weighted by molar-refractivity contribution is 5.21. The molecule has 1 unspecified atom stereocenters. The Morgan fingerprint density at radius 3 is 2.36 bits per heavy atom. The van der Waals surface area contributed by atoms with Gasteiger partial charge in [-0.3, -0.25) is 4.90 Å². The molecule has 2 heteroatoms. The number of benzene rings is 1. The first-order chi connectivity index (χ1) is 6.63. The van der Waals surface area contributed by atoms with Gasteiger partial charge in [-0.25, -0.2) is 0 Å². The van der Waals surface area contributed by atoms with Crippen LogP contribution in [0.2, 0.25) is 0 Å². The molecular formula is C12H19NO. The van der Waals surface area contributed by atoms with Gasteiger partial charge in [0.2, 0.25) is 0 Å². The van der Waals surface area contributed by atoms with E-state index < -0.39 is 0 Å². The average molecular weight is 193 g/mol. The quantitative estimate of drug-likeness (QED) is 0.788. The molecule has 1 N–H and O–H groups in total. The van der Waals surface area contributed by atoms with Gasteiger partial charge >= 0.3 is 0 Å². The van der Waals surface area contributed by atoms with Gasteiger partial charge in [-0.2, -0.15) is 0 Å². The molecule has 0 saturated heterocycles. The van der Waals surface area contributed by atoms with Crippen LogP contribution in [0.5, 0.6) is 0 Å². The molecule has 0 aliphatic heterocycles. The van der Waals surface area contributed by atoms with Crippen molar-refractivity contribution in [2.45, 2.75) is 26.4 Å². The van der Waals surface area contributed by atoms with E-state index in [9.17, 15) is 0 Å². The van der Waals surface area contributed by atoms with Crippen LogP contribution < -0.4 is 0 Å². The zero-order chi connectivity index (χ0) is 10.6. The number of rotatable bonds is 4. The largest absolute Gasteiger partial charge is 0.395 e. The summed E-state index contributed by atoms with van der Waals surface area (Å²) in [6, 6.07) is 8.72. The minimum Gasteiger partial charge on any atom is -0.395 e. The van der Waals surface area contributed by atoms with E-state index in [1.165, 1.54) is 11.1 Å².